The molecule has 18 rings (SSSR count). The van der Waals surface area contributed by atoms with Crippen LogP contribution in [-0.4, -0.2) is 0 Å². The van der Waals surface area contributed by atoms with Crippen molar-refractivity contribution in [1.82, 2.24) is 0 Å². The second-order valence-corrected chi connectivity index (χ2v) is 40.1. The fraction of sp³-hybridized carbons (Fsp3) is 0.400. The molecule has 0 aromatic heterocycles. The Morgan fingerprint density at radius 2 is 0.267 bits per heavy atom. The molecule has 0 fully saturated rings. The van der Waals surface area contributed by atoms with Crippen LogP contribution in [0, 0.1) is 0 Å². The van der Waals surface area contributed by atoms with Crippen molar-refractivity contribution in [3.8, 4) is 0 Å². The van der Waals surface area contributed by atoms with E-state index in [1.54, 1.807) is 33.4 Å². The van der Waals surface area contributed by atoms with Gasteiger partial charge in [0.25, 0.3) is 0 Å². The first kappa shape index (κ1) is 88.4. The number of hydrogen-bond donors (Lipinski definition) is 0. The van der Waals surface area contributed by atoms with Crippen LogP contribution in [0.15, 0.2) is 218 Å². The van der Waals surface area contributed by atoms with Crippen LogP contribution in [0.2, 0.25) is 0 Å². The average Bonchev–Trinajstić information content (AvgIpc) is 0.794. The van der Waals surface area contributed by atoms with Crippen molar-refractivity contribution in [3.05, 3.63) is 419 Å². The SMILES string of the molecule is CC(C)c1ccc2c(c1)Cc1c(cccc1C(C)C)C2.CC(C)c1ccc2c(c1)Cc1cc(C(C)C)ccc1C2.CC(C)c1ccc2c(c1)Cc1ccc(C(C)C)cc1C2.CC(C)c1ccc2c(c1)Cc1cccc(C(C)C)c1C2.CC(C)c1cccc2c1Cc1c(cccc1C(C)C)C2.CC(C)c1cccc2c1Cc1cccc(C(C)C)c1C2. The van der Waals surface area contributed by atoms with Crippen molar-refractivity contribution in [1.29, 1.82) is 0 Å². The normalized spacial score (nSPS) is 13.5. The molecule has 0 radical (unpaired) electrons. The number of fused-ring (bicyclic) bond motifs is 12. The van der Waals surface area contributed by atoms with Gasteiger partial charge in [-0.1, -0.05) is 385 Å². The zero-order valence-corrected chi connectivity index (χ0v) is 78.2. The fourth-order valence-corrected chi connectivity index (χ4v) is 19.9. The van der Waals surface area contributed by atoms with Crippen LogP contribution < -0.4 is 0 Å². The van der Waals surface area contributed by atoms with Crippen LogP contribution in [0.25, 0.3) is 0 Å². The highest BCUT2D eigenvalue weighted by Gasteiger charge is 2.28. The van der Waals surface area contributed by atoms with Gasteiger partial charge in [0.05, 0.1) is 0 Å². The minimum atomic E-state index is 0.609. The molecule has 0 amide bonds. The highest BCUT2D eigenvalue weighted by molar-refractivity contribution is 5.58. The Labute approximate surface area is 728 Å². The lowest BCUT2D eigenvalue weighted by molar-refractivity contribution is 0.808. The van der Waals surface area contributed by atoms with Crippen molar-refractivity contribution in [3.63, 3.8) is 0 Å². The first-order chi connectivity index (χ1) is 57.4. The Balaban J connectivity index is 0.000000124. The highest BCUT2D eigenvalue weighted by Crippen LogP contribution is 2.42. The largest absolute Gasteiger partial charge is 0.0617 e. The summed E-state index contributed by atoms with van der Waals surface area (Å²) in [6, 6.07) is 83.5. The van der Waals surface area contributed by atoms with Crippen molar-refractivity contribution >= 4 is 0 Å². The molecule has 0 heterocycles. The van der Waals surface area contributed by atoms with Gasteiger partial charge in [-0.15, -0.1) is 0 Å². The Hall–Kier alpha value is -9.36. The van der Waals surface area contributed by atoms with Gasteiger partial charge in [-0.2, -0.15) is 0 Å². The molecular formula is C120H144. The maximum Gasteiger partial charge on any atom is -0.00144 e. The minimum absolute atomic E-state index is 0.609. The Bertz CT molecular complexity index is 5260. The lowest BCUT2D eigenvalue weighted by Gasteiger charge is -2.26. The van der Waals surface area contributed by atoms with Crippen LogP contribution in [0.1, 0.15) is 437 Å². The van der Waals surface area contributed by atoms with Crippen LogP contribution in [-0.2, 0) is 77.0 Å². The number of rotatable bonds is 12. The molecule has 0 bridgehead atoms. The Morgan fingerprint density at radius 3 is 0.483 bits per heavy atom. The second-order valence-electron chi connectivity index (χ2n) is 40.1. The first-order valence-corrected chi connectivity index (χ1v) is 46.7. The van der Waals surface area contributed by atoms with Gasteiger partial charge in [0.15, 0.2) is 0 Å². The molecule has 0 aliphatic heterocycles. The van der Waals surface area contributed by atoms with Gasteiger partial charge in [-0.25, -0.2) is 0 Å². The minimum Gasteiger partial charge on any atom is -0.0617 e. The standard InChI is InChI=1S/6C20H24/c1-13(2)15-5-7-17-12-20-10-16(14(3)4)6-8-18(20)11-19(17)9-15;1-13(2)15-5-7-17-11-18-8-6-16(14(3)4)10-20(18)12-19(17)9-15;1-13(2)17-9-5-7-15-12-20-16(11-19(15)17)8-6-10-18(20)14(3)4;1-13(2)17-9-5-7-15-11-16-8-6-10-18(14(3)4)20(16)12-19(15)17;1-13(2)15-8-9-16-12-20-17(11-18(16)10-15)6-5-7-19(20)14(3)4;1-13(2)15-8-9-16-11-17-6-5-7-19(14(3)4)20(17)12-18(16)10-15/h6*5-10,13-14H,11-12H2,1-4H3. The summed E-state index contributed by atoms with van der Waals surface area (Å²) in [6.45, 7) is 54.9. The Kier molecular flexibility index (Phi) is 28.6. The Morgan fingerprint density at radius 1 is 0.125 bits per heavy atom. The van der Waals surface area contributed by atoms with Crippen molar-refractivity contribution in [2.24, 2.45) is 0 Å². The molecule has 12 aromatic carbocycles. The molecule has 0 N–H and O–H groups in total. The van der Waals surface area contributed by atoms with Gasteiger partial charge < -0.3 is 0 Å². The van der Waals surface area contributed by atoms with E-state index in [4.69, 9.17) is 0 Å². The molecule has 6 aliphatic rings. The third kappa shape index (κ3) is 20.4. The summed E-state index contributed by atoms with van der Waals surface area (Å²) in [5, 5.41) is 0. The van der Waals surface area contributed by atoms with Gasteiger partial charge in [-0.05, 0) is 348 Å². The topological polar surface area (TPSA) is 0 Å². The molecule has 0 nitrogen and oxygen atoms in total. The maximum absolute atomic E-state index is 2.43. The molecule has 0 unspecified atom stereocenters. The first-order valence-electron chi connectivity index (χ1n) is 46.7. The molecule has 6 aliphatic carbocycles. The van der Waals surface area contributed by atoms with E-state index in [0.29, 0.717) is 71.0 Å². The fourth-order valence-electron chi connectivity index (χ4n) is 19.9. The van der Waals surface area contributed by atoms with E-state index in [1.165, 1.54) is 167 Å². The summed E-state index contributed by atoms with van der Waals surface area (Å²) in [5.74, 6) is 7.35. The lowest BCUT2D eigenvalue weighted by Crippen LogP contribution is -2.13. The number of benzene rings is 12. The van der Waals surface area contributed by atoms with Crippen LogP contribution in [0.5, 0.6) is 0 Å². The smallest absolute Gasteiger partial charge is 0.00144 e. The monoisotopic (exact) mass is 1590 g/mol. The van der Waals surface area contributed by atoms with E-state index in [0.717, 1.165) is 77.0 Å². The third-order valence-corrected chi connectivity index (χ3v) is 27.5. The van der Waals surface area contributed by atoms with E-state index in [9.17, 15) is 0 Å². The molecule has 0 saturated carbocycles. The summed E-state index contributed by atoms with van der Waals surface area (Å²) >= 11 is 0. The van der Waals surface area contributed by atoms with Crippen molar-refractivity contribution in [2.75, 3.05) is 0 Å². The summed E-state index contributed by atoms with van der Waals surface area (Å²) in [6.07, 6.45) is 13.3. The van der Waals surface area contributed by atoms with Crippen LogP contribution >= 0.6 is 0 Å². The highest BCUT2D eigenvalue weighted by atomic mass is 14.3. The van der Waals surface area contributed by atoms with Gasteiger partial charge in [0, 0.05) is 0 Å². The second kappa shape index (κ2) is 38.8. The van der Waals surface area contributed by atoms with Gasteiger partial charge in [0.2, 0.25) is 0 Å². The zero-order chi connectivity index (χ0) is 85.7. The van der Waals surface area contributed by atoms with E-state index in [1.807, 2.05) is 0 Å². The van der Waals surface area contributed by atoms with E-state index in [2.05, 4.69) is 385 Å². The van der Waals surface area contributed by atoms with Gasteiger partial charge in [-0.3, -0.25) is 0 Å². The average molecular weight is 1590 g/mol. The molecule has 0 heteroatoms. The van der Waals surface area contributed by atoms with Crippen molar-refractivity contribution < 1.29 is 0 Å². The number of hydrogen-bond acceptors (Lipinski definition) is 0. The van der Waals surface area contributed by atoms with E-state index >= 15 is 0 Å². The summed E-state index contributed by atoms with van der Waals surface area (Å²) in [5.41, 5.74) is 55.0. The van der Waals surface area contributed by atoms with Gasteiger partial charge in [0.1, 0.15) is 0 Å². The quantitative estimate of drug-likeness (QED) is 0.114. The zero-order valence-electron chi connectivity index (χ0n) is 78.2. The van der Waals surface area contributed by atoms with Crippen LogP contribution in [0.3, 0.4) is 0 Å². The van der Waals surface area contributed by atoms with Gasteiger partial charge >= 0.3 is 0 Å². The maximum atomic E-state index is 2.43. The summed E-state index contributed by atoms with van der Waals surface area (Å²) < 4.78 is 0. The molecule has 0 spiro atoms. The van der Waals surface area contributed by atoms with E-state index in [-0.39, 0.29) is 0 Å². The molecule has 0 saturated heterocycles. The summed E-state index contributed by atoms with van der Waals surface area (Å²) in [4.78, 5) is 0. The van der Waals surface area contributed by atoms with Crippen molar-refractivity contribution in [2.45, 2.75) is 314 Å². The predicted octanol–water partition coefficient (Wildman–Crippen LogP) is 32.6. The molecule has 624 valence electrons. The third-order valence-electron chi connectivity index (χ3n) is 27.5. The van der Waals surface area contributed by atoms with E-state index < -0.39 is 0 Å². The molecule has 120 heavy (non-hydrogen) atoms. The molecule has 0 atom stereocenters. The lowest BCUT2D eigenvalue weighted by atomic mass is 9.78. The van der Waals surface area contributed by atoms with Crippen LogP contribution in [0.4, 0.5) is 0 Å². The molecular weight excluding hydrogens is 1440 g/mol. The predicted molar refractivity (Wildman–Crippen MR) is 520 cm³/mol. The molecule has 12 aromatic rings. The summed E-state index contributed by atoms with van der Waals surface area (Å²) in [7, 11) is 0.